The Kier molecular flexibility index (Phi) is 6.89. The average molecular weight is 517 g/mol. The first-order valence-corrected chi connectivity index (χ1v) is 12.4. The normalized spacial score (nSPS) is 11.8. The molecule has 0 aliphatic heterocycles. The van der Waals surface area contributed by atoms with E-state index < -0.39 is 0 Å². The van der Waals surface area contributed by atoms with Gasteiger partial charge < -0.3 is 5.32 Å². The molecule has 5 nitrogen and oxygen atoms in total. The standard InChI is InChI=1S/C28H29BrN4O/c1-19-11-14-21(15-12-19)33-26(18-25(32-33)28(2,3)4)31-27(34)30-24-16-13-20(8-7-17-29)22-9-5-6-10-23(22)24/h5-16,18H,17H2,1-4H3,(H2,30,31,34)/b8-7+. The highest BCUT2D eigenvalue weighted by atomic mass is 79.9. The van der Waals surface area contributed by atoms with E-state index in [0.29, 0.717) is 5.82 Å². The number of carbonyl (C=O) groups excluding carboxylic acids is 1. The van der Waals surface area contributed by atoms with Crippen LogP contribution in [0.5, 0.6) is 0 Å². The number of aryl methyl sites for hydroxylation is 1. The van der Waals surface area contributed by atoms with Crippen LogP contribution in [0.25, 0.3) is 22.5 Å². The van der Waals surface area contributed by atoms with Gasteiger partial charge in [-0.2, -0.15) is 5.10 Å². The number of amides is 2. The lowest BCUT2D eigenvalue weighted by Crippen LogP contribution is -2.21. The molecule has 2 N–H and O–H groups in total. The van der Waals surface area contributed by atoms with Crippen molar-refractivity contribution in [1.82, 2.24) is 9.78 Å². The molecule has 0 spiro atoms. The van der Waals surface area contributed by atoms with Crippen molar-refractivity contribution in [2.45, 2.75) is 33.1 Å². The van der Waals surface area contributed by atoms with Crippen molar-refractivity contribution in [3.63, 3.8) is 0 Å². The number of hydrogen-bond acceptors (Lipinski definition) is 2. The number of aromatic nitrogens is 2. The summed E-state index contributed by atoms with van der Waals surface area (Å²) in [6.45, 7) is 8.37. The lowest BCUT2D eigenvalue weighted by molar-refractivity contribution is 0.262. The molecule has 0 saturated carbocycles. The lowest BCUT2D eigenvalue weighted by atomic mass is 9.92. The molecular weight excluding hydrogens is 488 g/mol. The van der Waals surface area contributed by atoms with E-state index in [0.717, 1.165) is 38.7 Å². The number of rotatable bonds is 5. The Morgan fingerprint density at radius 1 is 1.00 bits per heavy atom. The molecule has 6 heteroatoms. The van der Waals surface area contributed by atoms with Crippen LogP contribution in [-0.4, -0.2) is 21.1 Å². The van der Waals surface area contributed by atoms with Crippen molar-refractivity contribution in [3.8, 4) is 5.69 Å². The Morgan fingerprint density at radius 2 is 1.71 bits per heavy atom. The van der Waals surface area contributed by atoms with Gasteiger partial charge in [0.2, 0.25) is 0 Å². The Balaban J connectivity index is 1.65. The fourth-order valence-electron chi connectivity index (χ4n) is 3.74. The summed E-state index contributed by atoms with van der Waals surface area (Å²) >= 11 is 3.43. The SMILES string of the molecule is Cc1ccc(-n2nc(C(C)(C)C)cc2NC(=O)Nc2ccc(/C=C/CBr)c3ccccc23)cc1. The highest BCUT2D eigenvalue weighted by molar-refractivity contribution is 9.09. The number of anilines is 2. The number of allylic oxidation sites excluding steroid dienone is 1. The summed E-state index contributed by atoms with van der Waals surface area (Å²) < 4.78 is 1.78. The third-order valence-corrected chi connectivity index (χ3v) is 5.96. The van der Waals surface area contributed by atoms with E-state index in [1.165, 1.54) is 5.56 Å². The van der Waals surface area contributed by atoms with Crippen LogP contribution in [0, 0.1) is 6.92 Å². The van der Waals surface area contributed by atoms with Crippen molar-refractivity contribution >= 4 is 50.3 Å². The monoisotopic (exact) mass is 516 g/mol. The molecule has 34 heavy (non-hydrogen) atoms. The molecule has 0 fully saturated rings. The first-order valence-electron chi connectivity index (χ1n) is 11.3. The van der Waals surface area contributed by atoms with Gasteiger partial charge in [0, 0.05) is 22.2 Å². The predicted octanol–water partition coefficient (Wildman–Crippen LogP) is 7.68. The van der Waals surface area contributed by atoms with E-state index >= 15 is 0 Å². The summed E-state index contributed by atoms with van der Waals surface area (Å²) in [5.74, 6) is 0.618. The summed E-state index contributed by atoms with van der Waals surface area (Å²) in [7, 11) is 0. The first kappa shape index (κ1) is 23.8. The van der Waals surface area contributed by atoms with Crippen molar-refractivity contribution in [3.05, 3.63) is 89.6 Å². The molecule has 0 aliphatic carbocycles. The molecule has 174 valence electrons. The van der Waals surface area contributed by atoms with Crippen LogP contribution in [0.4, 0.5) is 16.3 Å². The predicted molar refractivity (Wildman–Crippen MR) is 146 cm³/mol. The topological polar surface area (TPSA) is 59.0 Å². The van der Waals surface area contributed by atoms with Crippen molar-refractivity contribution < 1.29 is 4.79 Å². The Labute approximate surface area is 209 Å². The lowest BCUT2D eigenvalue weighted by Gasteiger charge is -2.14. The molecule has 4 aromatic rings. The summed E-state index contributed by atoms with van der Waals surface area (Å²) in [5.41, 5.74) is 4.66. The summed E-state index contributed by atoms with van der Waals surface area (Å²) in [4.78, 5) is 13.1. The van der Waals surface area contributed by atoms with Crippen LogP contribution in [0.3, 0.4) is 0 Å². The van der Waals surface area contributed by atoms with Gasteiger partial charge in [0.1, 0.15) is 5.82 Å². The van der Waals surface area contributed by atoms with Gasteiger partial charge in [0.15, 0.2) is 0 Å². The van der Waals surface area contributed by atoms with Crippen molar-refractivity contribution in [2.75, 3.05) is 16.0 Å². The summed E-state index contributed by atoms with van der Waals surface area (Å²) in [6.07, 6.45) is 4.13. The van der Waals surface area contributed by atoms with Crippen LogP contribution in [0.1, 0.15) is 37.6 Å². The van der Waals surface area contributed by atoms with Crippen molar-refractivity contribution in [2.24, 2.45) is 0 Å². The number of nitrogens with zero attached hydrogens (tertiary/aromatic N) is 2. The molecule has 0 atom stereocenters. The number of alkyl halides is 1. The van der Waals surface area contributed by atoms with E-state index in [2.05, 4.69) is 65.6 Å². The van der Waals surface area contributed by atoms with E-state index in [4.69, 9.17) is 5.10 Å². The fourth-order valence-corrected chi connectivity index (χ4v) is 3.92. The largest absolute Gasteiger partial charge is 0.324 e. The molecular formula is C28H29BrN4O. The second-order valence-corrected chi connectivity index (χ2v) is 9.94. The minimum Gasteiger partial charge on any atom is -0.307 e. The number of halogens is 1. The summed E-state index contributed by atoms with van der Waals surface area (Å²) in [6, 6.07) is 21.7. The maximum absolute atomic E-state index is 13.1. The van der Waals surface area contributed by atoms with Gasteiger partial charge in [0.05, 0.1) is 17.1 Å². The van der Waals surface area contributed by atoms with E-state index in [1.54, 1.807) is 4.68 Å². The highest BCUT2D eigenvalue weighted by Gasteiger charge is 2.21. The van der Waals surface area contributed by atoms with Gasteiger partial charge in [0.25, 0.3) is 0 Å². The molecule has 3 aromatic carbocycles. The zero-order valence-corrected chi connectivity index (χ0v) is 21.5. The molecule has 4 rings (SSSR count). The third kappa shape index (κ3) is 5.23. The van der Waals surface area contributed by atoms with Crippen LogP contribution >= 0.6 is 15.9 Å². The third-order valence-electron chi connectivity index (χ3n) is 5.59. The minimum absolute atomic E-state index is 0.155. The highest BCUT2D eigenvalue weighted by Crippen LogP contribution is 2.29. The van der Waals surface area contributed by atoms with Crippen LogP contribution < -0.4 is 10.6 Å². The summed E-state index contributed by atoms with van der Waals surface area (Å²) in [5, 5.41) is 13.7. The molecule has 0 aliphatic rings. The second-order valence-electron chi connectivity index (χ2n) is 9.30. The number of hydrogen-bond donors (Lipinski definition) is 2. The number of carbonyl (C=O) groups is 1. The van der Waals surface area contributed by atoms with Crippen LogP contribution in [0.15, 0.2) is 72.8 Å². The number of nitrogens with one attached hydrogen (secondary N) is 2. The molecule has 1 heterocycles. The maximum Gasteiger partial charge on any atom is 0.324 e. The molecule has 0 saturated heterocycles. The van der Waals surface area contributed by atoms with Gasteiger partial charge in [-0.25, -0.2) is 9.48 Å². The van der Waals surface area contributed by atoms with E-state index in [1.807, 2.05) is 67.6 Å². The van der Waals surface area contributed by atoms with Gasteiger partial charge >= 0.3 is 6.03 Å². The second kappa shape index (κ2) is 9.85. The smallest absolute Gasteiger partial charge is 0.307 e. The zero-order valence-electron chi connectivity index (χ0n) is 19.9. The van der Waals surface area contributed by atoms with Gasteiger partial charge in [-0.05, 0) is 36.1 Å². The molecule has 0 bridgehead atoms. The van der Waals surface area contributed by atoms with E-state index in [-0.39, 0.29) is 11.4 Å². The Bertz CT molecular complexity index is 1350. The first-order chi connectivity index (χ1) is 16.3. The molecule has 1 aromatic heterocycles. The number of urea groups is 1. The maximum atomic E-state index is 13.1. The van der Waals surface area contributed by atoms with Crippen LogP contribution in [0.2, 0.25) is 0 Å². The number of fused-ring (bicyclic) bond motifs is 1. The van der Waals surface area contributed by atoms with Crippen LogP contribution in [-0.2, 0) is 5.41 Å². The van der Waals surface area contributed by atoms with Gasteiger partial charge in [-0.3, -0.25) is 5.32 Å². The van der Waals surface area contributed by atoms with Gasteiger partial charge in [-0.15, -0.1) is 0 Å². The molecule has 0 radical (unpaired) electrons. The average Bonchev–Trinajstić information content (AvgIpc) is 3.23. The van der Waals surface area contributed by atoms with Crippen molar-refractivity contribution in [1.29, 1.82) is 0 Å². The Hall–Kier alpha value is -3.38. The quantitative estimate of drug-likeness (QED) is 0.267. The van der Waals surface area contributed by atoms with E-state index in [9.17, 15) is 4.79 Å². The zero-order chi connectivity index (χ0) is 24.3. The molecule has 0 unspecified atom stereocenters. The minimum atomic E-state index is -0.317. The number of benzene rings is 3. The fraction of sp³-hybridized carbons (Fsp3) is 0.214. The Morgan fingerprint density at radius 3 is 2.38 bits per heavy atom. The molecule has 2 amide bonds. The van der Waals surface area contributed by atoms with Gasteiger partial charge in [-0.1, -0.05) is 96.9 Å².